The Bertz CT molecular complexity index is 1300. The zero-order valence-corrected chi connectivity index (χ0v) is 20.3. The monoisotopic (exact) mass is 480 g/mol. The summed E-state index contributed by atoms with van der Waals surface area (Å²) in [6.07, 6.45) is 0. The van der Waals surface area contributed by atoms with Crippen molar-refractivity contribution in [1.82, 2.24) is 14.3 Å². The Morgan fingerprint density at radius 3 is 2.71 bits per heavy atom. The molecule has 2 heterocycles. The number of nitrogens with zero attached hydrogens (tertiary/aromatic N) is 2. The third-order valence-electron chi connectivity index (χ3n) is 4.81. The number of anilines is 1. The predicted octanol–water partition coefficient (Wildman–Crippen LogP) is 3.11. The molecular formula is C20H24N4O4S3. The smallest absolute Gasteiger partial charge is 0.259 e. The van der Waals surface area contributed by atoms with E-state index in [1.165, 1.54) is 49.3 Å². The number of H-pyrrole nitrogens is 1. The van der Waals surface area contributed by atoms with Crippen molar-refractivity contribution >= 4 is 54.9 Å². The topological polar surface area (TPSA) is 112 Å². The minimum atomic E-state index is -3.59. The van der Waals surface area contributed by atoms with Crippen molar-refractivity contribution in [3.05, 3.63) is 50.9 Å². The van der Waals surface area contributed by atoms with Gasteiger partial charge in [0.2, 0.25) is 15.9 Å². The molecule has 0 aliphatic heterocycles. The highest BCUT2D eigenvalue weighted by atomic mass is 32.2. The van der Waals surface area contributed by atoms with E-state index in [0.717, 1.165) is 14.7 Å². The summed E-state index contributed by atoms with van der Waals surface area (Å²) in [5.41, 5.74) is 1.18. The van der Waals surface area contributed by atoms with Gasteiger partial charge in [0.05, 0.1) is 21.3 Å². The molecule has 0 bridgehead atoms. The molecule has 11 heteroatoms. The van der Waals surface area contributed by atoms with E-state index in [1.807, 2.05) is 13.8 Å². The molecule has 0 saturated carbocycles. The van der Waals surface area contributed by atoms with Crippen LogP contribution in [0.25, 0.3) is 10.2 Å². The van der Waals surface area contributed by atoms with Crippen molar-refractivity contribution in [3.8, 4) is 0 Å². The van der Waals surface area contributed by atoms with Crippen molar-refractivity contribution in [3.63, 3.8) is 0 Å². The van der Waals surface area contributed by atoms with Gasteiger partial charge in [0.25, 0.3) is 5.56 Å². The average Bonchev–Trinajstić information content (AvgIpc) is 3.00. The van der Waals surface area contributed by atoms with Crippen molar-refractivity contribution in [2.24, 2.45) is 0 Å². The Hall–Kier alpha value is -2.21. The van der Waals surface area contributed by atoms with Crippen LogP contribution in [0.4, 0.5) is 5.69 Å². The van der Waals surface area contributed by atoms with Gasteiger partial charge in [-0.05, 0) is 44.5 Å². The molecule has 0 aliphatic carbocycles. The first kappa shape index (κ1) is 23.5. The molecule has 0 saturated heterocycles. The van der Waals surface area contributed by atoms with Crippen LogP contribution in [-0.2, 0) is 20.6 Å². The number of amides is 1. The summed E-state index contributed by atoms with van der Waals surface area (Å²) < 4.78 is 25.7. The van der Waals surface area contributed by atoms with Gasteiger partial charge in [0.1, 0.15) is 10.7 Å². The van der Waals surface area contributed by atoms with Crippen LogP contribution in [0.3, 0.4) is 0 Å². The van der Waals surface area contributed by atoms with Gasteiger partial charge >= 0.3 is 0 Å². The highest BCUT2D eigenvalue weighted by molar-refractivity contribution is 7.99. The van der Waals surface area contributed by atoms with E-state index >= 15 is 0 Å². The van der Waals surface area contributed by atoms with Crippen LogP contribution in [0, 0.1) is 13.8 Å². The van der Waals surface area contributed by atoms with Gasteiger partial charge in [0.15, 0.2) is 0 Å². The number of benzene rings is 1. The quantitative estimate of drug-likeness (QED) is 0.537. The van der Waals surface area contributed by atoms with Gasteiger partial charge in [0, 0.05) is 24.7 Å². The third kappa shape index (κ3) is 5.00. The summed E-state index contributed by atoms with van der Waals surface area (Å²) in [5.74, 6) is 0.614. The average molecular weight is 481 g/mol. The molecule has 1 unspecified atom stereocenters. The molecule has 3 rings (SSSR count). The molecule has 3 aromatic rings. The molecule has 0 radical (unpaired) electrons. The lowest BCUT2D eigenvalue weighted by Crippen LogP contribution is -2.24. The van der Waals surface area contributed by atoms with E-state index in [2.05, 4.69) is 15.3 Å². The minimum absolute atomic E-state index is 0.104. The number of sulfonamides is 1. The lowest BCUT2D eigenvalue weighted by Gasteiger charge is -2.14. The summed E-state index contributed by atoms with van der Waals surface area (Å²) in [6.45, 7) is 5.61. The van der Waals surface area contributed by atoms with E-state index in [9.17, 15) is 18.0 Å². The van der Waals surface area contributed by atoms with Gasteiger partial charge in [-0.3, -0.25) is 9.59 Å². The first-order valence-electron chi connectivity index (χ1n) is 9.44. The Morgan fingerprint density at radius 1 is 1.32 bits per heavy atom. The van der Waals surface area contributed by atoms with E-state index < -0.39 is 15.3 Å². The molecule has 166 valence electrons. The maximum absolute atomic E-state index is 12.6. The fraction of sp³-hybridized carbons (Fsp3) is 0.350. The Balaban J connectivity index is 1.68. The molecule has 0 fully saturated rings. The molecule has 31 heavy (non-hydrogen) atoms. The highest BCUT2D eigenvalue weighted by Gasteiger charge is 2.19. The highest BCUT2D eigenvalue weighted by Crippen LogP contribution is 2.27. The van der Waals surface area contributed by atoms with Crippen molar-refractivity contribution < 1.29 is 13.2 Å². The lowest BCUT2D eigenvalue weighted by atomic mass is 10.2. The van der Waals surface area contributed by atoms with Crippen molar-refractivity contribution in [2.45, 2.75) is 36.7 Å². The first-order chi connectivity index (χ1) is 14.5. The number of aromatic nitrogens is 2. The van der Waals surface area contributed by atoms with Gasteiger partial charge in [-0.2, -0.15) is 0 Å². The summed E-state index contributed by atoms with van der Waals surface area (Å²) in [4.78, 5) is 34.1. The summed E-state index contributed by atoms with van der Waals surface area (Å²) in [5, 5.41) is 2.93. The maximum Gasteiger partial charge on any atom is 0.259 e. The normalized spacial score (nSPS) is 13.0. The summed E-state index contributed by atoms with van der Waals surface area (Å²) >= 11 is 2.82. The molecule has 8 nitrogen and oxygen atoms in total. The van der Waals surface area contributed by atoms with Gasteiger partial charge < -0.3 is 10.3 Å². The van der Waals surface area contributed by atoms with Crippen LogP contribution in [0.5, 0.6) is 0 Å². The molecule has 0 spiro atoms. The number of aryl methyl sites for hydroxylation is 2. The number of hydrogen-bond donors (Lipinski definition) is 2. The van der Waals surface area contributed by atoms with Crippen molar-refractivity contribution in [1.29, 1.82) is 0 Å². The number of thioether (sulfide) groups is 1. The number of carbonyl (C=O) groups excluding carboxylic acids is 1. The van der Waals surface area contributed by atoms with Gasteiger partial charge in [-0.1, -0.05) is 6.07 Å². The van der Waals surface area contributed by atoms with E-state index in [1.54, 1.807) is 19.1 Å². The standard InChI is InChI=1S/C20H24N4O4S3/c1-11-12(2)30-20-17(11)19(26)22-16(23-20)10-29-13(3)18(25)21-14-7-6-8-15(9-14)31(27,28)24(4)5/h6-9,13H,10H2,1-5H3,(H,21,25)(H,22,23,26). The Labute approximate surface area is 189 Å². The Morgan fingerprint density at radius 2 is 2.03 bits per heavy atom. The van der Waals surface area contributed by atoms with Gasteiger partial charge in [-0.25, -0.2) is 17.7 Å². The van der Waals surface area contributed by atoms with Gasteiger partial charge in [-0.15, -0.1) is 23.1 Å². The second kappa shape index (κ2) is 9.11. The minimum Gasteiger partial charge on any atom is -0.325 e. The van der Waals surface area contributed by atoms with Crippen molar-refractivity contribution in [2.75, 3.05) is 19.4 Å². The largest absolute Gasteiger partial charge is 0.325 e. The SMILES string of the molecule is Cc1sc2nc(CSC(C)C(=O)Nc3cccc(S(=O)(=O)N(C)C)c3)[nH]c(=O)c2c1C. The van der Waals surface area contributed by atoms with Crippen LogP contribution >= 0.6 is 23.1 Å². The number of hydrogen-bond acceptors (Lipinski definition) is 7. The maximum atomic E-state index is 12.6. The summed E-state index contributed by atoms with van der Waals surface area (Å²) in [6, 6.07) is 6.13. The number of fused-ring (bicyclic) bond motifs is 1. The number of thiophene rings is 1. The molecule has 0 aliphatic rings. The predicted molar refractivity (Wildman–Crippen MR) is 126 cm³/mol. The molecule has 2 N–H and O–H groups in total. The fourth-order valence-corrected chi connectivity index (χ4v) is 5.59. The number of rotatable bonds is 7. The molecular weight excluding hydrogens is 456 g/mol. The molecule has 1 aromatic carbocycles. The van der Waals surface area contributed by atoms with E-state index in [-0.39, 0.29) is 16.4 Å². The fourth-order valence-electron chi connectivity index (χ4n) is 2.84. The number of nitrogens with one attached hydrogen (secondary N) is 2. The molecule has 1 amide bonds. The molecule has 2 aromatic heterocycles. The summed E-state index contributed by atoms with van der Waals surface area (Å²) in [7, 11) is -0.685. The lowest BCUT2D eigenvalue weighted by molar-refractivity contribution is -0.115. The number of carbonyl (C=O) groups is 1. The van der Waals surface area contributed by atoms with Crippen LogP contribution in [0.1, 0.15) is 23.2 Å². The van der Waals surface area contributed by atoms with E-state index in [0.29, 0.717) is 27.5 Å². The first-order valence-corrected chi connectivity index (χ1v) is 12.7. The zero-order valence-electron chi connectivity index (χ0n) is 17.8. The van der Waals surface area contributed by atoms with E-state index in [4.69, 9.17) is 0 Å². The van der Waals surface area contributed by atoms with Crippen LogP contribution in [0.15, 0.2) is 34.0 Å². The number of aromatic amines is 1. The Kier molecular flexibility index (Phi) is 6.89. The third-order valence-corrected chi connectivity index (χ3v) is 8.87. The zero-order chi connectivity index (χ0) is 22.9. The second-order valence-electron chi connectivity index (χ2n) is 7.23. The van der Waals surface area contributed by atoms with Crippen LogP contribution < -0.4 is 10.9 Å². The van der Waals surface area contributed by atoms with Crippen LogP contribution in [-0.4, -0.2) is 47.9 Å². The van der Waals surface area contributed by atoms with Crippen LogP contribution in [0.2, 0.25) is 0 Å². The second-order valence-corrected chi connectivity index (χ2v) is 11.9. The molecule has 1 atom stereocenters.